The molecule has 5 nitrogen and oxygen atoms in total. The molecule has 0 radical (unpaired) electrons. The van der Waals surface area contributed by atoms with Crippen molar-refractivity contribution in [2.24, 2.45) is 0 Å². The Morgan fingerprint density at radius 3 is 2.32 bits per heavy atom. The van der Waals surface area contributed by atoms with Crippen molar-refractivity contribution in [3.8, 4) is 11.4 Å². The molecule has 8 heteroatoms. The van der Waals surface area contributed by atoms with E-state index in [0.29, 0.717) is 28.4 Å². The lowest BCUT2D eigenvalue weighted by Gasteiger charge is -2.08. The molecule has 0 spiro atoms. The molecule has 0 atom stereocenters. The molecule has 1 heterocycles. The van der Waals surface area contributed by atoms with Gasteiger partial charge in [-0.05, 0) is 60.7 Å². The first kappa shape index (κ1) is 17.0. The summed E-state index contributed by atoms with van der Waals surface area (Å²) in [4.78, 5) is 12.1. The maximum Gasteiger partial charge on any atom is 0.226 e. The Kier molecular flexibility index (Phi) is 4.99. The summed E-state index contributed by atoms with van der Waals surface area (Å²) in [5, 5.41) is 9.50. The zero-order valence-electron chi connectivity index (χ0n) is 13.0. The summed E-state index contributed by atoms with van der Waals surface area (Å²) in [6.07, 6.45) is 0.152. The highest BCUT2D eigenvalue weighted by atomic mass is 32.1. The number of H-pyrrole nitrogens is 1. The number of carbonyl (C=O) groups excluding carboxylic acids is 1. The molecule has 3 rings (SSSR count). The van der Waals surface area contributed by atoms with Crippen molar-refractivity contribution >= 4 is 23.8 Å². The minimum atomic E-state index is -0.369. The largest absolute Gasteiger partial charge is 0.326 e. The highest BCUT2D eigenvalue weighted by Gasteiger charge is 2.11. The lowest BCUT2D eigenvalue weighted by molar-refractivity contribution is -0.116. The van der Waals surface area contributed by atoms with Crippen molar-refractivity contribution in [1.82, 2.24) is 14.8 Å². The monoisotopic (exact) mass is 360 g/mol. The number of aromatic amines is 1. The zero-order chi connectivity index (χ0) is 17.8. The number of rotatable bonds is 5. The summed E-state index contributed by atoms with van der Waals surface area (Å²) in [7, 11) is 0. The van der Waals surface area contributed by atoms with Gasteiger partial charge in [-0.2, -0.15) is 5.10 Å². The van der Waals surface area contributed by atoms with E-state index in [0.717, 1.165) is 0 Å². The van der Waals surface area contributed by atoms with Gasteiger partial charge in [0.1, 0.15) is 11.6 Å². The fourth-order valence-corrected chi connectivity index (χ4v) is 2.54. The van der Waals surface area contributed by atoms with Crippen LogP contribution in [0.5, 0.6) is 0 Å². The molecular formula is C17H14F2N4OS. The fourth-order valence-electron chi connectivity index (χ4n) is 2.31. The van der Waals surface area contributed by atoms with Crippen molar-refractivity contribution in [3.05, 3.63) is 64.9 Å². The van der Waals surface area contributed by atoms with Gasteiger partial charge in [-0.3, -0.25) is 14.5 Å². The van der Waals surface area contributed by atoms with Gasteiger partial charge in [0, 0.05) is 24.2 Å². The van der Waals surface area contributed by atoms with Crippen molar-refractivity contribution in [2.75, 3.05) is 5.32 Å². The minimum absolute atomic E-state index is 0.152. The standard InChI is InChI=1S/C17H14F2N4OS/c18-12-3-1-11(2-4-12)16-21-22-17(25)23(16)10-9-15(24)20-14-7-5-13(19)6-8-14/h1-8H,9-10H2,(H,20,24)(H,22,25). The van der Waals surface area contributed by atoms with Gasteiger partial charge in [0.2, 0.25) is 5.91 Å². The first-order valence-corrected chi connectivity index (χ1v) is 7.90. The first-order chi connectivity index (χ1) is 12.0. The minimum Gasteiger partial charge on any atom is -0.326 e. The number of amides is 1. The van der Waals surface area contributed by atoms with E-state index in [1.54, 1.807) is 16.7 Å². The van der Waals surface area contributed by atoms with Crippen LogP contribution in [0.1, 0.15) is 6.42 Å². The van der Waals surface area contributed by atoms with Crippen LogP contribution >= 0.6 is 12.2 Å². The molecule has 25 heavy (non-hydrogen) atoms. The molecule has 1 aromatic heterocycles. The Balaban J connectivity index is 1.70. The number of nitrogens with one attached hydrogen (secondary N) is 2. The molecule has 2 aromatic carbocycles. The number of hydrogen-bond acceptors (Lipinski definition) is 3. The molecule has 128 valence electrons. The van der Waals surface area contributed by atoms with E-state index in [2.05, 4.69) is 15.5 Å². The predicted molar refractivity (Wildman–Crippen MR) is 92.5 cm³/mol. The number of hydrogen-bond donors (Lipinski definition) is 2. The van der Waals surface area contributed by atoms with Crippen molar-refractivity contribution in [3.63, 3.8) is 0 Å². The van der Waals surface area contributed by atoms with E-state index in [9.17, 15) is 13.6 Å². The van der Waals surface area contributed by atoms with Gasteiger partial charge < -0.3 is 5.32 Å². The highest BCUT2D eigenvalue weighted by Crippen LogP contribution is 2.18. The van der Waals surface area contributed by atoms with E-state index in [-0.39, 0.29) is 24.0 Å². The first-order valence-electron chi connectivity index (χ1n) is 7.49. The lowest BCUT2D eigenvalue weighted by atomic mass is 10.2. The Morgan fingerprint density at radius 1 is 1.08 bits per heavy atom. The van der Waals surface area contributed by atoms with E-state index >= 15 is 0 Å². The van der Waals surface area contributed by atoms with E-state index < -0.39 is 0 Å². The molecule has 0 aliphatic rings. The predicted octanol–water partition coefficient (Wildman–Crippen LogP) is 3.91. The zero-order valence-corrected chi connectivity index (χ0v) is 13.8. The van der Waals surface area contributed by atoms with Gasteiger partial charge in [-0.25, -0.2) is 8.78 Å². The number of nitrogens with zero attached hydrogens (tertiary/aromatic N) is 2. The molecule has 0 aliphatic carbocycles. The van der Waals surface area contributed by atoms with E-state index in [1.807, 2.05) is 0 Å². The Bertz CT molecular complexity index is 933. The molecular weight excluding hydrogens is 346 g/mol. The average Bonchev–Trinajstić information content (AvgIpc) is 2.96. The Morgan fingerprint density at radius 2 is 1.68 bits per heavy atom. The number of benzene rings is 2. The average molecular weight is 360 g/mol. The van der Waals surface area contributed by atoms with Crippen LogP contribution in [0.15, 0.2) is 48.5 Å². The maximum absolute atomic E-state index is 13.1. The van der Waals surface area contributed by atoms with Crippen LogP contribution in [0.4, 0.5) is 14.5 Å². The van der Waals surface area contributed by atoms with Crippen molar-refractivity contribution in [1.29, 1.82) is 0 Å². The molecule has 0 saturated heterocycles. The van der Waals surface area contributed by atoms with Crippen molar-refractivity contribution in [2.45, 2.75) is 13.0 Å². The van der Waals surface area contributed by atoms with Gasteiger partial charge >= 0.3 is 0 Å². The SMILES string of the molecule is O=C(CCn1c(-c2ccc(F)cc2)n[nH]c1=S)Nc1ccc(F)cc1. The molecule has 0 bridgehead atoms. The second-order valence-electron chi connectivity index (χ2n) is 5.32. The summed E-state index contributed by atoms with van der Waals surface area (Å²) in [6.45, 7) is 0.301. The Hall–Kier alpha value is -2.87. The van der Waals surface area contributed by atoms with Crippen LogP contribution in [0, 0.1) is 16.4 Å². The van der Waals surface area contributed by atoms with E-state index in [4.69, 9.17) is 12.2 Å². The maximum atomic E-state index is 13.1. The van der Waals surface area contributed by atoms with Crippen LogP contribution in [-0.2, 0) is 11.3 Å². The molecule has 0 saturated carbocycles. The molecule has 3 aromatic rings. The number of halogens is 2. The molecule has 2 N–H and O–H groups in total. The van der Waals surface area contributed by atoms with Gasteiger partial charge in [0.05, 0.1) is 0 Å². The van der Waals surface area contributed by atoms with Crippen molar-refractivity contribution < 1.29 is 13.6 Å². The van der Waals surface area contributed by atoms with E-state index in [1.165, 1.54) is 36.4 Å². The summed E-state index contributed by atoms with van der Waals surface area (Å²) in [5.41, 5.74) is 1.20. The normalized spacial score (nSPS) is 10.6. The highest BCUT2D eigenvalue weighted by molar-refractivity contribution is 7.71. The van der Waals surface area contributed by atoms with Crippen LogP contribution in [-0.4, -0.2) is 20.7 Å². The smallest absolute Gasteiger partial charge is 0.226 e. The van der Waals surface area contributed by atoms with Crippen LogP contribution in [0.3, 0.4) is 0 Å². The molecule has 1 amide bonds. The molecule has 0 unspecified atom stereocenters. The number of aromatic nitrogens is 3. The third-order valence-corrected chi connectivity index (χ3v) is 3.86. The number of anilines is 1. The van der Waals surface area contributed by atoms with Gasteiger partial charge in [0.25, 0.3) is 0 Å². The summed E-state index contributed by atoms with van der Waals surface area (Å²) in [6, 6.07) is 11.4. The molecule has 0 aliphatic heterocycles. The van der Waals surface area contributed by atoms with Crippen LogP contribution in [0.2, 0.25) is 0 Å². The summed E-state index contributed by atoms with van der Waals surface area (Å²) < 4.78 is 28.0. The second kappa shape index (κ2) is 7.35. The lowest BCUT2D eigenvalue weighted by Crippen LogP contribution is -2.15. The Labute approximate surface area is 147 Å². The van der Waals surface area contributed by atoms with Crippen LogP contribution in [0.25, 0.3) is 11.4 Å². The summed E-state index contributed by atoms with van der Waals surface area (Å²) in [5.74, 6) is -0.422. The van der Waals surface area contributed by atoms with Gasteiger partial charge in [-0.1, -0.05) is 0 Å². The third-order valence-electron chi connectivity index (χ3n) is 3.55. The third kappa shape index (κ3) is 4.16. The van der Waals surface area contributed by atoms with Crippen LogP contribution < -0.4 is 5.32 Å². The molecule has 0 fully saturated rings. The summed E-state index contributed by atoms with van der Waals surface area (Å²) >= 11 is 5.19. The number of carbonyl (C=O) groups is 1. The second-order valence-corrected chi connectivity index (χ2v) is 5.70. The van der Waals surface area contributed by atoms with Gasteiger partial charge in [0.15, 0.2) is 10.6 Å². The topological polar surface area (TPSA) is 62.7 Å². The fraction of sp³-hybridized carbons (Fsp3) is 0.118. The van der Waals surface area contributed by atoms with Gasteiger partial charge in [-0.15, -0.1) is 0 Å². The quantitative estimate of drug-likeness (QED) is 0.678.